The quantitative estimate of drug-likeness (QED) is 0.368. The summed E-state index contributed by atoms with van der Waals surface area (Å²) in [5.74, 6) is 1.74. The summed E-state index contributed by atoms with van der Waals surface area (Å²) >= 11 is 0. The number of guanidine groups is 1. The molecule has 162 valence electrons. The van der Waals surface area contributed by atoms with E-state index >= 15 is 0 Å². The molecule has 0 saturated carbocycles. The fourth-order valence-corrected chi connectivity index (χ4v) is 3.79. The number of hydrogen-bond donors (Lipinski definition) is 1. The molecule has 0 spiro atoms. The first-order chi connectivity index (χ1) is 14.3. The molecule has 1 atom stereocenters. The zero-order valence-electron chi connectivity index (χ0n) is 17.1. The molecule has 1 N–H and O–H groups in total. The number of carbonyl (C=O) groups is 1. The van der Waals surface area contributed by atoms with Gasteiger partial charge < -0.3 is 19.9 Å². The van der Waals surface area contributed by atoms with E-state index < -0.39 is 0 Å². The van der Waals surface area contributed by atoms with E-state index in [1.165, 1.54) is 0 Å². The van der Waals surface area contributed by atoms with E-state index in [1.54, 1.807) is 13.4 Å². The van der Waals surface area contributed by atoms with Crippen LogP contribution in [0.25, 0.3) is 5.69 Å². The highest BCUT2D eigenvalue weighted by Gasteiger charge is 2.30. The van der Waals surface area contributed by atoms with Gasteiger partial charge in [0.05, 0.1) is 6.54 Å². The highest BCUT2D eigenvalue weighted by atomic mass is 127. The van der Waals surface area contributed by atoms with E-state index in [4.69, 9.17) is 4.74 Å². The largest absolute Gasteiger partial charge is 0.368 e. The minimum Gasteiger partial charge on any atom is -0.368 e. The Bertz CT molecular complexity index is 844. The van der Waals surface area contributed by atoms with E-state index in [9.17, 15) is 4.79 Å². The van der Waals surface area contributed by atoms with E-state index in [0.29, 0.717) is 26.2 Å². The highest BCUT2D eigenvalue weighted by Crippen LogP contribution is 2.16. The number of amides is 1. The molecule has 1 unspecified atom stereocenters. The van der Waals surface area contributed by atoms with Crippen molar-refractivity contribution in [3.8, 4) is 5.69 Å². The molecule has 1 amide bonds. The number of ether oxygens (including phenoxy) is 1. The second-order valence-corrected chi connectivity index (χ2v) is 7.17. The average molecular weight is 525 g/mol. The van der Waals surface area contributed by atoms with Crippen molar-refractivity contribution in [3.63, 3.8) is 0 Å². The Morgan fingerprint density at radius 2 is 1.93 bits per heavy atom. The van der Waals surface area contributed by atoms with Gasteiger partial charge in [0.2, 0.25) is 0 Å². The number of hydrogen-bond acceptors (Lipinski definition) is 5. The van der Waals surface area contributed by atoms with Gasteiger partial charge in [-0.05, 0) is 25.0 Å². The molecule has 0 aliphatic carbocycles. The number of rotatable bonds is 4. The van der Waals surface area contributed by atoms with Crippen LogP contribution in [0.1, 0.15) is 18.7 Å². The molecule has 2 aliphatic heterocycles. The summed E-state index contributed by atoms with van der Waals surface area (Å²) < 4.78 is 7.49. The van der Waals surface area contributed by atoms with Crippen LogP contribution in [0.15, 0.2) is 41.7 Å². The Kier molecular flexibility index (Phi) is 8.02. The smallest absolute Gasteiger partial charge is 0.251 e. The molecule has 0 bridgehead atoms. The Balaban J connectivity index is 0.00000256. The lowest BCUT2D eigenvalue weighted by molar-refractivity contribution is -0.142. The molecule has 30 heavy (non-hydrogen) atoms. The molecule has 9 nitrogen and oxygen atoms in total. The molecular formula is C20H28IN7O2. The van der Waals surface area contributed by atoms with Crippen LogP contribution in [-0.4, -0.2) is 82.4 Å². The molecule has 0 radical (unpaired) electrons. The van der Waals surface area contributed by atoms with Crippen LogP contribution in [0.4, 0.5) is 0 Å². The number of aromatic nitrogens is 3. The molecule has 4 rings (SSSR count). The van der Waals surface area contributed by atoms with Crippen LogP contribution in [0.5, 0.6) is 0 Å². The number of benzene rings is 1. The van der Waals surface area contributed by atoms with Crippen molar-refractivity contribution in [2.24, 2.45) is 4.99 Å². The summed E-state index contributed by atoms with van der Waals surface area (Å²) in [5, 5.41) is 11.7. The van der Waals surface area contributed by atoms with Crippen molar-refractivity contribution in [2.45, 2.75) is 25.5 Å². The van der Waals surface area contributed by atoms with E-state index in [1.807, 2.05) is 39.8 Å². The summed E-state index contributed by atoms with van der Waals surface area (Å²) in [6, 6.07) is 10.0. The lowest BCUT2D eigenvalue weighted by Gasteiger charge is -2.37. The predicted molar refractivity (Wildman–Crippen MR) is 124 cm³/mol. The maximum atomic E-state index is 12.5. The summed E-state index contributed by atoms with van der Waals surface area (Å²) in [7, 11) is 1.77. The van der Waals surface area contributed by atoms with E-state index in [0.717, 1.165) is 43.4 Å². The van der Waals surface area contributed by atoms with Gasteiger partial charge in [0.1, 0.15) is 12.4 Å². The molecule has 2 aliphatic rings. The summed E-state index contributed by atoms with van der Waals surface area (Å²) in [4.78, 5) is 21.0. The first-order valence-corrected chi connectivity index (χ1v) is 10.1. The van der Waals surface area contributed by atoms with Crippen molar-refractivity contribution < 1.29 is 9.53 Å². The first-order valence-electron chi connectivity index (χ1n) is 10.1. The SMILES string of the molecule is CN=C(NCc1nncn1-c1ccccc1)N1CCN(C(=O)C2CCCO2)CC1.I. The maximum absolute atomic E-state index is 12.5. The zero-order chi connectivity index (χ0) is 20.1. The third-order valence-corrected chi connectivity index (χ3v) is 5.37. The molecule has 10 heteroatoms. The van der Waals surface area contributed by atoms with E-state index in [2.05, 4.69) is 25.4 Å². The summed E-state index contributed by atoms with van der Waals surface area (Å²) in [6.07, 6.45) is 3.28. The zero-order valence-corrected chi connectivity index (χ0v) is 19.4. The van der Waals surface area contributed by atoms with E-state index in [-0.39, 0.29) is 36.0 Å². The number of aliphatic imine (C=N–C) groups is 1. The Labute approximate surface area is 193 Å². The standard InChI is InChI=1S/C20H27N7O2.HI/c1-21-20(22-14-18-24-23-15-27(18)16-6-3-2-4-7-16)26-11-9-25(10-12-26)19(28)17-8-5-13-29-17;/h2-4,6-7,15,17H,5,8-14H2,1H3,(H,21,22);1H. The van der Waals surface area contributed by atoms with Gasteiger partial charge >= 0.3 is 0 Å². The van der Waals surface area contributed by atoms with Crippen LogP contribution in [0.2, 0.25) is 0 Å². The van der Waals surface area contributed by atoms with Crippen LogP contribution in [-0.2, 0) is 16.1 Å². The minimum atomic E-state index is -0.247. The van der Waals surface area contributed by atoms with Crippen LogP contribution < -0.4 is 5.32 Å². The van der Waals surface area contributed by atoms with Crippen molar-refractivity contribution in [1.82, 2.24) is 29.9 Å². The highest BCUT2D eigenvalue weighted by molar-refractivity contribution is 14.0. The number of halogens is 1. The molecular weight excluding hydrogens is 497 g/mol. The number of para-hydroxylation sites is 1. The van der Waals surface area contributed by atoms with Crippen molar-refractivity contribution in [3.05, 3.63) is 42.5 Å². The number of carbonyl (C=O) groups excluding carboxylic acids is 1. The van der Waals surface area contributed by atoms with Gasteiger partial charge in [-0.3, -0.25) is 14.4 Å². The van der Waals surface area contributed by atoms with Gasteiger partial charge in [0, 0.05) is 45.5 Å². The third kappa shape index (κ3) is 5.09. The lowest BCUT2D eigenvalue weighted by atomic mass is 10.2. The Morgan fingerprint density at radius 1 is 1.20 bits per heavy atom. The van der Waals surface area contributed by atoms with Crippen molar-refractivity contribution in [2.75, 3.05) is 39.8 Å². The van der Waals surface area contributed by atoms with Crippen LogP contribution in [0.3, 0.4) is 0 Å². The molecule has 2 aromatic rings. The van der Waals surface area contributed by atoms with Gasteiger partial charge in [0.25, 0.3) is 5.91 Å². The summed E-state index contributed by atoms with van der Waals surface area (Å²) in [6.45, 7) is 4.04. The van der Waals surface area contributed by atoms with Crippen molar-refractivity contribution >= 4 is 35.8 Å². The van der Waals surface area contributed by atoms with Gasteiger partial charge in [-0.25, -0.2) is 0 Å². The number of nitrogens with one attached hydrogen (secondary N) is 1. The maximum Gasteiger partial charge on any atom is 0.251 e. The monoisotopic (exact) mass is 525 g/mol. The predicted octanol–water partition coefficient (Wildman–Crippen LogP) is 1.28. The lowest BCUT2D eigenvalue weighted by Crippen LogP contribution is -2.55. The van der Waals surface area contributed by atoms with Crippen molar-refractivity contribution in [1.29, 1.82) is 0 Å². The topological polar surface area (TPSA) is 87.9 Å². The molecule has 1 aromatic heterocycles. The first kappa shape index (κ1) is 22.5. The fourth-order valence-electron chi connectivity index (χ4n) is 3.79. The van der Waals surface area contributed by atoms with Crippen LogP contribution >= 0.6 is 24.0 Å². The Hall–Kier alpha value is -2.21. The molecule has 2 fully saturated rings. The molecule has 2 saturated heterocycles. The van der Waals surface area contributed by atoms with Gasteiger partial charge in [-0.2, -0.15) is 0 Å². The van der Waals surface area contributed by atoms with Gasteiger partial charge in [-0.15, -0.1) is 34.2 Å². The van der Waals surface area contributed by atoms with Crippen LogP contribution in [0, 0.1) is 0 Å². The molecule has 1 aromatic carbocycles. The normalized spacial score (nSPS) is 19.5. The average Bonchev–Trinajstić information content (AvgIpc) is 3.47. The van der Waals surface area contributed by atoms with Gasteiger partial charge in [0.15, 0.2) is 11.8 Å². The fraction of sp³-hybridized carbons (Fsp3) is 0.500. The number of piperazine rings is 1. The second-order valence-electron chi connectivity index (χ2n) is 7.17. The Morgan fingerprint density at radius 3 is 2.60 bits per heavy atom. The minimum absolute atomic E-state index is 0. The summed E-state index contributed by atoms with van der Waals surface area (Å²) in [5.41, 5.74) is 1.02. The third-order valence-electron chi connectivity index (χ3n) is 5.37. The molecule has 3 heterocycles. The second kappa shape index (κ2) is 10.7. The number of nitrogens with zero attached hydrogens (tertiary/aromatic N) is 6. The van der Waals surface area contributed by atoms with Gasteiger partial charge in [-0.1, -0.05) is 18.2 Å².